The second-order valence-electron chi connectivity index (χ2n) is 12.0. The van der Waals surface area contributed by atoms with Crippen LogP contribution in [0.15, 0.2) is 67.1 Å². The number of anilines is 1. The first-order valence-corrected chi connectivity index (χ1v) is 16.0. The van der Waals surface area contributed by atoms with Crippen molar-refractivity contribution >= 4 is 50.9 Å². The molecule has 0 spiro atoms. The molecule has 13 heteroatoms. The molecule has 1 saturated carbocycles. The van der Waals surface area contributed by atoms with Crippen LogP contribution in [0, 0.1) is 11.3 Å². The summed E-state index contributed by atoms with van der Waals surface area (Å²) in [6.45, 7) is 0.514. The fourth-order valence-electron chi connectivity index (χ4n) is 6.35. The monoisotopic (exact) mass is 688 g/mol. The number of nitriles is 1. The molecular formula is C36H32ClF3N6O3. The van der Waals surface area contributed by atoms with Crippen LogP contribution in [0.5, 0.6) is 0 Å². The molecule has 0 radical (unpaired) electrons. The molecule has 0 saturated heterocycles. The van der Waals surface area contributed by atoms with E-state index in [1.54, 1.807) is 20.2 Å². The van der Waals surface area contributed by atoms with Gasteiger partial charge in [-0.05, 0) is 73.7 Å². The Balaban J connectivity index is 1.23. The molecule has 0 bridgehead atoms. The Morgan fingerprint density at radius 3 is 2.63 bits per heavy atom. The van der Waals surface area contributed by atoms with Gasteiger partial charge in [-0.1, -0.05) is 17.7 Å². The highest BCUT2D eigenvalue weighted by Crippen LogP contribution is 2.43. The lowest BCUT2D eigenvalue weighted by Crippen LogP contribution is -2.35. The topological polar surface area (TPSA) is 125 Å². The summed E-state index contributed by atoms with van der Waals surface area (Å²) in [5.74, 6) is -0.919. The van der Waals surface area contributed by atoms with Crippen LogP contribution in [-0.2, 0) is 22.8 Å². The van der Waals surface area contributed by atoms with Crippen molar-refractivity contribution in [1.29, 1.82) is 5.26 Å². The van der Waals surface area contributed by atoms with Crippen molar-refractivity contribution in [1.82, 2.24) is 19.9 Å². The fraction of sp³-hybridized carbons (Fsp3) is 0.278. The molecule has 1 amide bonds. The van der Waals surface area contributed by atoms with Gasteiger partial charge in [0.25, 0.3) is 0 Å². The Bertz CT molecular complexity index is 2140. The SMILES string of the molecule is CO[C@H]1CC[C@H](NC/C=C/C(=O)Nc2ccc(C(=O)c3c[nH]c4c(-c5cc6ncn(C)c6cc5C(F)(F)F)cc(Cl)cc34)cc2C#N)CC1. The number of halogens is 4. The quantitative estimate of drug-likeness (QED) is 0.109. The fourth-order valence-corrected chi connectivity index (χ4v) is 6.57. The van der Waals surface area contributed by atoms with Crippen LogP contribution < -0.4 is 10.6 Å². The van der Waals surface area contributed by atoms with Crippen molar-refractivity contribution < 1.29 is 27.5 Å². The van der Waals surface area contributed by atoms with Crippen molar-refractivity contribution in [2.75, 3.05) is 19.0 Å². The number of hydrogen-bond donors (Lipinski definition) is 3. The molecule has 252 valence electrons. The van der Waals surface area contributed by atoms with E-state index in [1.807, 2.05) is 6.07 Å². The van der Waals surface area contributed by atoms with E-state index in [-0.39, 0.29) is 44.0 Å². The van der Waals surface area contributed by atoms with Crippen LogP contribution >= 0.6 is 11.6 Å². The van der Waals surface area contributed by atoms with Crippen LogP contribution in [0.25, 0.3) is 33.1 Å². The van der Waals surface area contributed by atoms with Crippen molar-refractivity contribution in [3.05, 3.63) is 94.4 Å². The number of ether oxygens (including phenoxy) is 1. The van der Waals surface area contributed by atoms with E-state index >= 15 is 0 Å². The van der Waals surface area contributed by atoms with E-state index in [0.29, 0.717) is 35.1 Å². The van der Waals surface area contributed by atoms with Gasteiger partial charge in [0.15, 0.2) is 5.78 Å². The summed E-state index contributed by atoms with van der Waals surface area (Å²) in [5, 5.41) is 16.4. The molecule has 0 unspecified atom stereocenters. The van der Waals surface area contributed by atoms with Gasteiger partial charge in [0.1, 0.15) is 6.07 Å². The first kappa shape index (κ1) is 33.9. The normalized spacial score (nSPS) is 16.8. The maximum Gasteiger partial charge on any atom is 0.417 e. The van der Waals surface area contributed by atoms with Crippen LogP contribution in [0.4, 0.5) is 18.9 Å². The number of amides is 1. The highest BCUT2D eigenvalue weighted by Gasteiger charge is 2.35. The number of nitrogens with one attached hydrogen (secondary N) is 3. The van der Waals surface area contributed by atoms with Gasteiger partial charge in [-0.25, -0.2) is 4.98 Å². The molecule has 1 aliphatic rings. The largest absolute Gasteiger partial charge is 0.417 e. The van der Waals surface area contributed by atoms with Gasteiger partial charge in [-0.15, -0.1) is 0 Å². The zero-order valence-electron chi connectivity index (χ0n) is 26.6. The summed E-state index contributed by atoms with van der Waals surface area (Å²) in [5.41, 5.74) is 0.689. The average molecular weight is 689 g/mol. The zero-order chi connectivity index (χ0) is 34.9. The van der Waals surface area contributed by atoms with Crippen LogP contribution in [0.2, 0.25) is 5.02 Å². The van der Waals surface area contributed by atoms with Crippen LogP contribution in [-0.4, -0.2) is 52.0 Å². The Hall–Kier alpha value is -4.96. The number of hydrogen-bond acceptors (Lipinski definition) is 6. The number of benzene rings is 3. The van der Waals surface area contributed by atoms with E-state index in [9.17, 15) is 28.0 Å². The maximum atomic E-state index is 14.3. The Kier molecular flexibility index (Phi) is 9.61. The van der Waals surface area contributed by atoms with Gasteiger partial charge in [-0.3, -0.25) is 9.59 Å². The van der Waals surface area contributed by atoms with E-state index in [0.717, 1.165) is 31.7 Å². The molecule has 0 aliphatic heterocycles. The molecular weight excluding hydrogens is 657 g/mol. The Morgan fingerprint density at radius 1 is 1.14 bits per heavy atom. The van der Waals surface area contributed by atoms with E-state index < -0.39 is 23.4 Å². The summed E-state index contributed by atoms with van der Waals surface area (Å²) < 4.78 is 49.9. The molecule has 1 aliphatic carbocycles. The zero-order valence-corrected chi connectivity index (χ0v) is 27.4. The number of aromatic amines is 1. The van der Waals surface area contributed by atoms with Gasteiger partial charge in [-0.2, -0.15) is 18.4 Å². The number of imidazole rings is 1. The third-order valence-corrected chi connectivity index (χ3v) is 9.14. The number of aryl methyl sites for hydroxylation is 1. The van der Waals surface area contributed by atoms with Gasteiger partial charge in [0.05, 0.1) is 45.8 Å². The van der Waals surface area contributed by atoms with E-state index in [4.69, 9.17) is 16.3 Å². The number of ketones is 1. The van der Waals surface area contributed by atoms with Gasteiger partial charge in [0, 0.05) is 66.1 Å². The summed E-state index contributed by atoms with van der Waals surface area (Å²) >= 11 is 6.43. The van der Waals surface area contributed by atoms with Gasteiger partial charge < -0.3 is 24.9 Å². The molecule has 2 aromatic heterocycles. The number of methoxy groups -OCH3 is 1. The maximum absolute atomic E-state index is 14.3. The minimum Gasteiger partial charge on any atom is -0.381 e. The van der Waals surface area contributed by atoms with Crippen molar-refractivity contribution in [3.8, 4) is 17.2 Å². The lowest BCUT2D eigenvalue weighted by Gasteiger charge is -2.27. The van der Waals surface area contributed by atoms with E-state index in [1.165, 1.54) is 59.6 Å². The lowest BCUT2D eigenvalue weighted by atomic mass is 9.93. The molecule has 49 heavy (non-hydrogen) atoms. The third kappa shape index (κ3) is 7.10. The molecule has 9 nitrogen and oxygen atoms in total. The molecule has 2 heterocycles. The van der Waals surface area contributed by atoms with Gasteiger partial charge in [0.2, 0.25) is 5.91 Å². The lowest BCUT2D eigenvalue weighted by molar-refractivity contribution is -0.137. The number of carbonyl (C=O) groups is 2. The van der Waals surface area contributed by atoms with Gasteiger partial charge >= 0.3 is 6.18 Å². The molecule has 1 fully saturated rings. The molecule has 3 N–H and O–H groups in total. The molecule has 5 aromatic rings. The van der Waals surface area contributed by atoms with Crippen molar-refractivity contribution in [3.63, 3.8) is 0 Å². The Morgan fingerprint density at radius 2 is 1.92 bits per heavy atom. The van der Waals surface area contributed by atoms with Crippen molar-refractivity contribution in [2.24, 2.45) is 7.05 Å². The summed E-state index contributed by atoms with van der Waals surface area (Å²) in [6.07, 6.45) is 5.55. The number of carbonyl (C=O) groups excluding carboxylic acids is 2. The first-order chi connectivity index (χ1) is 23.5. The molecule has 0 atom stereocenters. The molecule has 6 rings (SSSR count). The summed E-state index contributed by atoms with van der Waals surface area (Å²) in [4.78, 5) is 33.5. The van der Waals surface area contributed by atoms with Crippen LogP contribution in [0.3, 0.4) is 0 Å². The second kappa shape index (κ2) is 13.9. The van der Waals surface area contributed by atoms with E-state index in [2.05, 4.69) is 20.6 Å². The minimum absolute atomic E-state index is 0.0673. The summed E-state index contributed by atoms with van der Waals surface area (Å²) in [7, 11) is 3.34. The number of alkyl halides is 3. The van der Waals surface area contributed by atoms with Crippen LogP contribution in [0.1, 0.15) is 52.7 Å². The number of rotatable bonds is 9. The second-order valence-corrected chi connectivity index (χ2v) is 12.5. The predicted octanol–water partition coefficient (Wildman–Crippen LogP) is 7.54. The number of aromatic nitrogens is 3. The molecule has 3 aromatic carbocycles. The summed E-state index contributed by atoms with van der Waals surface area (Å²) in [6, 6.07) is 12.0. The smallest absolute Gasteiger partial charge is 0.381 e. The number of fused-ring (bicyclic) bond motifs is 2. The van der Waals surface area contributed by atoms with Crippen molar-refractivity contribution in [2.45, 2.75) is 44.0 Å². The average Bonchev–Trinajstić information content (AvgIpc) is 3.68. The highest BCUT2D eigenvalue weighted by atomic mass is 35.5. The third-order valence-electron chi connectivity index (χ3n) is 8.92. The number of H-pyrrole nitrogens is 1. The highest BCUT2D eigenvalue weighted by molar-refractivity contribution is 6.32. The minimum atomic E-state index is -4.69. The Labute approximate surface area is 284 Å². The first-order valence-electron chi connectivity index (χ1n) is 15.6. The predicted molar refractivity (Wildman–Crippen MR) is 181 cm³/mol. The number of nitrogens with zero attached hydrogens (tertiary/aromatic N) is 3. The standard InChI is InChI=1S/C36H32ClF3N6O3/c1-46-19-44-31-15-25(29(16-32(31)46)36(38,39)40)26-13-22(37)14-27-28(18-43-34(26)27)35(48)20-5-10-30(21(12-20)17-41)45-33(47)4-3-11-42-23-6-8-24(49-2)9-7-23/h3-5,10,12-16,18-19,23-24,42-43H,6-9,11H2,1-2H3,(H,45,47)/b4-3+/t23-,24-.